The van der Waals surface area contributed by atoms with Crippen molar-refractivity contribution < 1.29 is 0 Å². The second-order valence-electron chi connectivity index (χ2n) is 10.3. The first-order valence-electron chi connectivity index (χ1n) is 12.1. The van der Waals surface area contributed by atoms with E-state index in [1.165, 1.54) is 71.3 Å². The highest BCUT2D eigenvalue weighted by atomic mass is 14.4. The Balaban J connectivity index is 1.53. The number of benzene rings is 6. The van der Waals surface area contributed by atoms with Crippen LogP contribution in [0.5, 0.6) is 0 Å². The molecule has 0 aromatic heterocycles. The first-order valence-corrected chi connectivity index (χ1v) is 12.1. The van der Waals surface area contributed by atoms with Crippen molar-refractivity contribution in [3.8, 4) is 22.3 Å². The van der Waals surface area contributed by atoms with E-state index in [4.69, 9.17) is 0 Å². The number of rotatable bonds is 1. The molecule has 0 heterocycles. The Hall–Kier alpha value is -3.90. The fraction of sp³-hybridized carbons (Fsp3) is 0.118. The Labute approximate surface area is 200 Å². The highest BCUT2D eigenvalue weighted by Gasteiger charge is 2.37. The van der Waals surface area contributed by atoms with Gasteiger partial charge < -0.3 is 0 Å². The standard InChI is InChI=1S/C34H26/c1-21-12-16-29-31(18-21)34(2,3)32-20-30(27-10-6-7-11-28(27)33(29)32)24-15-17-26-23(19-24)14-13-22-8-4-5-9-25(22)26/h4-20H,1-3H3. The summed E-state index contributed by atoms with van der Waals surface area (Å²) in [6, 6.07) is 38.5. The van der Waals surface area contributed by atoms with Crippen molar-refractivity contribution in [3.05, 3.63) is 120 Å². The molecule has 7 rings (SSSR count). The third kappa shape index (κ3) is 2.60. The Bertz CT molecular complexity index is 1780. The summed E-state index contributed by atoms with van der Waals surface area (Å²) < 4.78 is 0. The zero-order chi connectivity index (χ0) is 23.0. The molecule has 0 aliphatic heterocycles. The van der Waals surface area contributed by atoms with Gasteiger partial charge in [0.05, 0.1) is 0 Å². The second-order valence-corrected chi connectivity index (χ2v) is 10.3. The van der Waals surface area contributed by atoms with Gasteiger partial charge in [0, 0.05) is 5.41 Å². The van der Waals surface area contributed by atoms with Crippen LogP contribution in [0.15, 0.2) is 103 Å². The van der Waals surface area contributed by atoms with Crippen molar-refractivity contribution in [2.24, 2.45) is 0 Å². The highest BCUT2D eigenvalue weighted by Crippen LogP contribution is 2.53. The minimum Gasteiger partial charge on any atom is -0.0616 e. The van der Waals surface area contributed by atoms with Crippen molar-refractivity contribution in [3.63, 3.8) is 0 Å². The van der Waals surface area contributed by atoms with Crippen LogP contribution < -0.4 is 0 Å². The van der Waals surface area contributed by atoms with E-state index in [2.05, 4.69) is 124 Å². The molecule has 0 heteroatoms. The summed E-state index contributed by atoms with van der Waals surface area (Å²) in [7, 11) is 0. The van der Waals surface area contributed by atoms with Crippen LogP contribution in [0.4, 0.5) is 0 Å². The van der Waals surface area contributed by atoms with Crippen LogP contribution in [0.1, 0.15) is 30.5 Å². The van der Waals surface area contributed by atoms with E-state index in [0.29, 0.717) is 0 Å². The third-order valence-corrected chi connectivity index (χ3v) is 7.89. The molecule has 0 atom stereocenters. The molecule has 6 aromatic carbocycles. The van der Waals surface area contributed by atoms with E-state index in [0.717, 1.165) is 0 Å². The lowest BCUT2D eigenvalue weighted by molar-refractivity contribution is 0.660. The number of hydrogen-bond donors (Lipinski definition) is 0. The molecule has 0 saturated heterocycles. The fourth-order valence-corrected chi connectivity index (χ4v) is 6.12. The fourth-order valence-electron chi connectivity index (χ4n) is 6.12. The van der Waals surface area contributed by atoms with Gasteiger partial charge >= 0.3 is 0 Å². The summed E-state index contributed by atoms with van der Waals surface area (Å²) in [5.41, 5.74) is 9.57. The maximum Gasteiger partial charge on any atom is 0.0159 e. The predicted octanol–water partition coefficient (Wildman–Crippen LogP) is 9.43. The Morgan fingerprint density at radius 3 is 2.06 bits per heavy atom. The molecule has 0 unspecified atom stereocenters. The van der Waals surface area contributed by atoms with Crippen molar-refractivity contribution in [2.45, 2.75) is 26.2 Å². The summed E-state index contributed by atoms with van der Waals surface area (Å²) in [5, 5.41) is 7.89. The topological polar surface area (TPSA) is 0 Å². The van der Waals surface area contributed by atoms with E-state index < -0.39 is 0 Å². The maximum atomic E-state index is 2.47. The lowest BCUT2D eigenvalue weighted by atomic mass is 9.80. The zero-order valence-electron chi connectivity index (χ0n) is 19.8. The van der Waals surface area contributed by atoms with Crippen LogP contribution in [-0.2, 0) is 5.41 Å². The van der Waals surface area contributed by atoms with Gasteiger partial charge in [-0.15, -0.1) is 0 Å². The minimum absolute atomic E-state index is 0.0253. The maximum absolute atomic E-state index is 2.47. The average Bonchev–Trinajstić information content (AvgIpc) is 3.09. The van der Waals surface area contributed by atoms with Gasteiger partial charge in [-0.25, -0.2) is 0 Å². The average molecular weight is 435 g/mol. The Morgan fingerprint density at radius 1 is 0.500 bits per heavy atom. The van der Waals surface area contributed by atoms with E-state index in [-0.39, 0.29) is 5.41 Å². The Kier molecular flexibility index (Phi) is 3.92. The lowest BCUT2D eigenvalue weighted by Crippen LogP contribution is -2.15. The van der Waals surface area contributed by atoms with Crippen LogP contribution >= 0.6 is 0 Å². The molecular formula is C34H26. The molecule has 1 aliphatic rings. The first-order chi connectivity index (χ1) is 16.5. The van der Waals surface area contributed by atoms with E-state index >= 15 is 0 Å². The third-order valence-electron chi connectivity index (χ3n) is 7.89. The zero-order valence-corrected chi connectivity index (χ0v) is 19.8. The minimum atomic E-state index is -0.0253. The second kappa shape index (κ2) is 6.81. The Morgan fingerprint density at radius 2 is 1.21 bits per heavy atom. The van der Waals surface area contributed by atoms with E-state index in [1.807, 2.05) is 0 Å². The van der Waals surface area contributed by atoms with E-state index in [1.54, 1.807) is 0 Å². The van der Waals surface area contributed by atoms with Gasteiger partial charge in [-0.05, 0) is 84.8 Å². The predicted molar refractivity (Wildman–Crippen MR) is 147 cm³/mol. The molecule has 0 N–H and O–H groups in total. The first kappa shape index (κ1) is 19.6. The lowest BCUT2D eigenvalue weighted by Gasteiger charge is -2.23. The number of aryl methyl sites for hydroxylation is 1. The van der Waals surface area contributed by atoms with Crippen molar-refractivity contribution in [1.29, 1.82) is 0 Å². The van der Waals surface area contributed by atoms with Gasteiger partial charge in [-0.2, -0.15) is 0 Å². The van der Waals surface area contributed by atoms with Crippen LogP contribution in [0, 0.1) is 6.92 Å². The molecule has 6 aromatic rings. The number of fused-ring (bicyclic) bond motifs is 8. The van der Waals surface area contributed by atoms with Gasteiger partial charge in [-0.1, -0.05) is 110 Å². The highest BCUT2D eigenvalue weighted by molar-refractivity contribution is 6.12. The SMILES string of the molecule is Cc1ccc2c(c1)C(C)(C)c1cc(-c3ccc4c(ccc5ccccc54)c3)c3ccccc3c1-2. The van der Waals surface area contributed by atoms with Gasteiger partial charge in [0.1, 0.15) is 0 Å². The van der Waals surface area contributed by atoms with Gasteiger partial charge in [0.25, 0.3) is 0 Å². The molecule has 0 fully saturated rings. The number of hydrogen-bond acceptors (Lipinski definition) is 0. The molecule has 0 amide bonds. The summed E-state index contributed by atoms with van der Waals surface area (Å²) >= 11 is 0. The van der Waals surface area contributed by atoms with Crippen molar-refractivity contribution in [2.75, 3.05) is 0 Å². The van der Waals surface area contributed by atoms with Gasteiger partial charge in [-0.3, -0.25) is 0 Å². The van der Waals surface area contributed by atoms with Crippen LogP contribution in [0.2, 0.25) is 0 Å². The molecule has 0 saturated carbocycles. The quantitative estimate of drug-likeness (QED) is 0.226. The molecule has 0 bridgehead atoms. The molecule has 0 nitrogen and oxygen atoms in total. The summed E-state index contributed by atoms with van der Waals surface area (Å²) in [6.45, 7) is 6.95. The van der Waals surface area contributed by atoms with Crippen LogP contribution in [-0.4, -0.2) is 0 Å². The molecule has 1 aliphatic carbocycles. The monoisotopic (exact) mass is 434 g/mol. The van der Waals surface area contributed by atoms with E-state index in [9.17, 15) is 0 Å². The molecular weight excluding hydrogens is 408 g/mol. The van der Waals surface area contributed by atoms with Crippen LogP contribution in [0.25, 0.3) is 54.6 Å². The smallest absolute Gasteiger partial charge is 0.0159 e. The van der Waals surface area contributed by atoms with Crippen molar-refractivity contribution in [1.82, 2.24) is 0 Å². The summed E-state index contributed by atoms with van der Waals surface area (Å²) in [6.07, 6.45) is 0. The van der Waals surface area contributed by atoms with Gasteiger partial charge in [0.2, 0.25) is 0 Å². The van der Waals surface area contributed by atoms with Gasteiger partial charge in [0.15, 0.2) is 0 Å². The van der Waals surface area contributed by atoms with Crippen molar-refractivity contribution >= 4 is 32.3 Å². The summed E-state index contributed by atoms with van der Waals surface area (Å²) in [4.78, 5) is 0. The largest absolute Gasteiger partial charge is 0.0616 e. The molecule has 0 spiro atoms. The molecule has 0 radical (unpaired) electrons. The summed E-state index contributed by atoms with van der Waals surface area (Å²) in [5.74, 6) is 0. The van der Waals surface area contributed by atoms with Crippen LogP contribution in [0.3, 0.4) is 0 Å². The molecule has 34 heavy (non-hydrogen) atoms. The normalized spacial score (nSPS) is 14.0. The molecule has 162 valence electrons.